The highest BCUT2D eigenvalue weighted by atomic mass is 32.2. The van der Waals surface area contributed by atoms with Crippen LogP contribution in [0.1, 0.15) is 5.56 Å². The molecule has 0 bridgehead atoms. The Labute approximate surface area is 199 Å². The molecule has 0 saturated carbocycles. The molecule has 0 spiro atoms. The lowest BCUT2D eigenvalue weighted by Crippen LogP contribution is -2.17. The maximum Gasteiger partial charge on any atom is 0.258 e. The fourth-order valence-corrected chi connectivity index (χ4v) is 4.07. The summed E-state index contributed by atoms with van der Waals surface area (Å²) < 4.78 is 61.2. The Morgan fingerprint density at radius 2 is 1.77 bits per heavy atom. The van der Waals surface area contributed by atoms with Gasteiger partial charge in [-0.25, -0.2) is 17.2 Å². The van der Waals surface area contributed by atoms with Crippen molar-refractivity contribution >= 4 is 26.5 Å². The van der Waals surface area contributed by atoms with Gasteiger partial charge in [-0.3, -0.25) is 9.52 Å². The summed E-state index contributed by atoms with van der Waals surface area (Å²) in [4.78, 5) is 12.8. The highest BCUT2D eigenvalue weighted by Crippen LogP contribution is 2.39. The summed E-state index contributed by atoms with van der Waals surface area (Å²) >= 11 is 0. The number of benzene rings is 3. The number of pyridine rings is 1. The SMILES string of the molecule is C=CS(=O)(=O)Nc1ccc(Oc2ccc(F)cc2F)c(-c2cn(C)c(=O)c3cc(C#N)ccc23)c1. The average molecular weight is 493 g/mol. The van der Waals surface area contributed by atoms with Crippen LogP contribution in [0.25, 0.3) is 21.9 Å². The molecule has 10 heteroatoms. The molecule has 4 aromatic rings. The number of sulfonamides is 1. The van der Waals surface area contributed by atoms with Gasteiger partial charge in [-0.05, 0) is 47.9 Å². The van der Waals surface area contributed by atoms with Crippen LogP contribution in [0, 0.1) is 23.0 Å². The number of halogens is 2. The Hall–Kier alpha value is -4.49. The fraction of sp³-hybridized carbons (Fsp3) is 0.0400. The van der Waals surface area contributed by atoms with Crippen molar-refractivity contribution < 1.29 is 21.9 Å². The molecule has 4 rings (SSSR count). The molecular formula is C25H17F2N3O4S. The third kappa shape index (κ3) is 4.76. The van der Waals surface area contributed by atoms with Crippen LogP contribution in [0.5, 0.6) is 11.5 Å². The fourth-order valence-electron chi connectivity index (χ4n) is 3.53. The van der Waals surface area contributed by atoms with Crippen molar-refractivity contribution in [1.82, 2.24) is 4.57 Å². The van der Waals surface area contributed by atoms with Crippen molar-refractivity contribution in [3.05, 3.63) is 100 Å². The Bertz CT molecular complexity index is 1710. The van der Waals surface area contributed by atoms with E-state index in [1.807, 2.05) is 6.07 Å². The van der Waals surface area contributed by atoms with Gasteiger partial charge in [0.25, 0.3) is 15.6 Å². The van der Waals surface area contributed by atoms with E-state index in [4.69, 9.17) is 4.74 Å². The third-order valence-corrected chi connectivity index (χ3v) is 6.13. The Morgan fingerprint density at radius 3 is 2.46 bits per heavy atom. The second kappa shape index (κ2) is 9.04. The summed E-state index contributed by atoms with van der Waals surface area (Å²) in [6.45, 7) is 3.27. The minimum atomic E-state index is -3.84. The molecule has 0 saturated heterocycles. The van der Waals surface area contributed by atoms with Crippen LogP contribution in [0.3, 0.4) is 0 Å². The lowest BCUT2D eigenvalue weighted by atomic mass is 9.98. The molecule has 0 radical (unpaired) electrons. The van der Waals surface area contributed by atoms with Crippen LogP contribution < -0.4 is 15.0 Å². The molecule has 1 heterocycles. The molecule has 0 aliphatic rings. The molecular weight excluding hydrogens is 476 g/mol. The van der Waals surface area contributed by atoms with E-state index in [0.717, 1.165) is 17.5 Å². The smallest absolute Gasteiger partial charge is 0.258 e. The lowest BCUT2D eigenvalue weighted by Gasteiger charge is -2.17. The Morgan fingerprint density at radius 1 is 1.03 bits per heavy atom. The first kappa shape index (κ1) is 23.7. The summed E-state index contributed by atoms with van der Waals surface area (Å²) in [5.41, 5.74) is 0.843. The first-order chi connectivity index (χ1) is 16.6. The average Bonchev–Trinajstić information content (AvgIpc) is 2.83. The number of anilines is 1. The minimum Gasteiger partial charge on any atom is -0.454 e. The van der Waals surface area contributed by atoms with Crippen molar-refractivity contribution in [1.29, 1.82) is 5.26 Å². The van der Waals surface area contributed by atoms with E-state index in [9.17, 15) is 27.3 Å². The molecule has 0 unspecified atom stereocenters. The number of aryl methyl sites for hydroxylation is 1. The van der Waals surface area contributed by atoms with E-state index < -0.39 is 21.7 Å². The maximum absolute atomic E-state index is 14.3. The number of aromatic nitrogens is 1. The van der Waals surface area contributed by atoms with Gasteiger partial charge in [0.2, 0.25) is 0 Å². The van der Waals surface area contributed by atoms with Crippen LogP contribution in [-0.4, -0.2) is 13.0 Å². The Balaban J connectivity index is 1.99. The number of hydrogen-bond donors (Lipinski definition) is 1. The van der Waals surface area contributed by atoms with Crippen LogP contribution in [0.15, 0.2) is 77.6 Å². The van der Waals surface area contributed by atoms with Gasteiger partial charge in [-0.1, -0.05) is 12.6 Å². The van der Waals surface area contributed by atoms with E-state index in [1.54, 1.807) is 6.07 Å². The molecule has 176 valence electrons. The molecule has 3 aromatic carbocycles. The second-order valence-electron chi connectivity index (χ2n) is 7.53. The van der Waals surface area contributed by atoms with E-state index in [1.165, 1.54) is 48.1 Å². The molecule has 0 aliphatic heterocycles. The van der Waals surface area contributed by atoms with Crippen LogP contribution in [-0.2, 0) is 17.1 Å². The first-order valence-electron chi connectivity index (χ1n) is 10.1. The highest BCUT2D eigenvalue weighted by Gasteiger charge is 2.18. The predicted molar refractivity (Wildman–Crippen MR) is 129 cm³/mol. The zero-order valence-electron chi connectivity index (χ0n) is 18.2. The third-order valence-electron chi connectivity index (χ3n) is 5.18. The zero-order chi connectivity index (χ0) is 25.3. The minimum absolute atomic E-state index is 0.112. The largest absolute Gasteiger partial charge is 0.454 e. The van der Waals surface area contributed by atoms with Crippen molar-refractivity contribution in [2.45, 2.75) is 0 Å². The quantitative estimate of drug-likeness (QED) is 0.406. The van der Waals surface area contributed by atoms with Gasteiger partial charge in [-0.15, -0.1) is 0 Å². The van der Waals surface area contributed by atoms with Crippen molar-refractivity contribution in [3.63, 3.8) is 0 Å². The zero-order valence-corrected chi connectivity index (χ0v) is 19.1. The van der Waals surface area contributed by atoms with Crippen LogP contribution >= 0.6 is 0 Å². The summed E-state index contributed by atoms with van der Waals surface area (Å²) in [6.07, 6.45) is 1.52. The number of nitrogens with zero attached hydrogens (tertiary/aromatic N) is 2. The van der Waals surface area contributed by atoms with Gasteiger partial charge in [0.1, 0.15) is 11.6 Å². The number of rotatable bonds is 6. The number of fused-ring (bicyclic) bond motifs is 1. The molecule has 7 nitrogen and oxygen atoms in total. The number of nitrogens with one attached hydrogen (secondary N) is 1. The number of hydrogen-bond acceptors (Lipinski definition) is 5. The van der Waals surface area contributed by atoms with Gasteiger partial charge in [0.15, 0.2) is 11.6 Å². The van der Waals surface area contributed by atoms with Gasteiger partial charge in [-0.2, -0.15) is 5.26 Å². The van der Waals surface area contributed by atoms with E-state index in [0.29, 0.717) is 22.6 Å². The standard InChI is InChI=1S/C25H17F2N3O4S/c1-3-35(32,33)29-17-6-9-23(34-24-8-5-16(26)11-22(24)27)19(12-17)21-14-30(2)25(31)20-10-15(13-28)4-7-18(20)21/h3-12,14,29H,1H2,2H3. The van der Waals surface area contributed by atoms with E-state index >= 15 is 0 Å². The van der Waals surface area contributed by atoms with Gasteiger partial charge < -0.3 is 9.30 Å². The monoisotopic (exact) mass is 493 g/mol. The number of nitriles is 1. The first-order valence-corrected chi connectivity index (χ1v) is 11.6. The van der Waals surface area contributed by atoms with Crippen molar-refractivity contribution in [2.75, 3.05) is 4.72 Å². The summed E-state index contributed by atoms with van der Waals surface area (Å²) in [5.74, 6) is -1.85. The molecule has 0 amide bonds. The molecule has 0 aliphatic carbocycles. The van der Waals surface area contributed by atoms with Crippen molar-refractivity contribution in [2.24, 2.45) is 7.05 Å². The van der Waals surface area contributed by atoms with E-state index in [2.05, 4.69) is 11.3 Å². The van der Waals surface area contributed by atoms with Gasteiger partial charge in [0, 0.05) is 46.9 Å². The topological polar surface area (TPSA) is 101 Å². The number of ether oxygens (including phenoxy) is 1. The maximum atomic E-state index is 14.3. The van der Waals surface area contributed by atoms with Crippen LogP contribution in [0.4, 0.5) is 14.5 Å². The Kier molecular flexibility index (Phi) is 6.11. The van der Waals surface area contributed by atoms with E-state index in [-0.39, 0.29) is 33.7 Å². The molecule has 0 fully saturated rings. The summed E-state index contributed by atoms with van der Waals surface area (Å²) in [7, 11) is -2.32. The van der Waals surface area contributed by atoms with Crippen LogP contribution in [0.2, 0.25) is 0 Å². The lowest BCUT2D eigenvalue weighted by molar-refractivity contribution is 0.439. The molecule has 0 atom stereocenters. The predicted octanol–water partition coefficient (Wildman–Crippen LogP) is 5.03. The highest BCUT2D eigenvalue weighted by molar-refractivity contribution is 7.95. The molecule has 35 heavy (non-hydrogen) atoms. The normalized spacial score (nSPS) is 11.1. The van der Waals surface area contributed by atoms with Gasteiger partial charge >= 0.3 is 0 Å². The summed E-state index contributed by atoms with van der Waals surface area (Å²) in [5, 5.41) is 10.7. The summed E-state index contributed by atoms with van der Waals surface area (Å²) in [6, 6.07) is 13.7. The van der Waals surface area contributed by atoms with Gasteiger partial charge in [0.05, 0.1) is 11.6 Å². The van der Waals surface area contributed by atoms with Crippen molar-refractivity contribution in [3.8, 4) is 28.7 Å². The molecule has 1 aromatic heterocycles. The molecule has 1 N–H and O–H groups in total. The second-order valence-corrected chi connectivity index (χ2v) is 9.16.